The van der Waals surface area contributed by atoms with Gasteiger partial charge in [0.05, 0.1) is 5.39 Å². The minimum absolute atomic E-state index is 0.366. The van der Waals surface area contributed by atoms with Gasteiger partial charge in [-0.05, 0) is 49.6 Å². The normalized spacial score (nSPS) is 15.2. The zero-order valence-electron chi connectivity index (χ0n) is 15.9. The summed E-state index contributed by atoms with van der Waals surface area (Å²) in [7, 11) is 0. The molecule has 1 aromatic carbocycles. The van der Waals surface area contributed by atoms with Crippen LogP contribution < -0.4 is 5.32 Å². The zero-order valence-corrected chi connectivity index (χ0v) is 15.9. The number of nitrogens with zero attached hydrogens (tertiary/aromatic N) is 3. The van der Waals surface area contributed by atoms with Gasteiger partial charge in [-0.1, -0.05) is 12.1 Å². The molecule has 1 fully saturated rings. The number of fused-ring (bicyclic) bond motifs is 1. The van der Waals surface area contributed by atoms with Crippen molar-refractivity contribution in [2.75, 3.05) is 18.5 Å². The van der Waals surface area contributed by atoms with Crippen molar-refractivity contribution in [3.8, 4) is 16.9 Å². The summed E-state index contributed by atoms with van der Waals surface area (Å²) in [6.45, 7) is 3.69. The Morgan fingerprint density at radius 3 is 2.82 bits per heavy atom. The summed E-state index contributed by atoms with van der Waals surface area (Å²) >= 11 is 0. The van der Waals surface area contributed by atoms with Gasteiger partial charge in [0.2, 0.25) is 0 Å². The number of aryl methyl sites for hydroxylation is 1. The Hall–Kier alpha value is -3.12. The maximum atomic E-state index is 5.50. The fraction of sp³-hybridized carbons (Fsp3) is 0.273. The molecule has 0 amide bonds. The molecule has 6 nitrogen and oxygen atoms in total. The van der Waals surface area contributed by atoms with Crippen molar-refractivity contribution in [1.82, 2.24) is 19.5 Å². The Bertz CT molecular complexity index is 1090. The van der Waals surface area contributed by atoms with E-state index in [0.717, 1.165) is 59.9 Å². The Balaban J connectivity index is 1.69. The van der Waals surface area contributed by atoms with Crippen LogP contribution in [0.3, 0.4) is 0 Å². The first-order chi connectivity index (χ1) is 13.8. The van der Waals surface area contributed by atoms with Gasteiger partial charge >= 0.3 is 0 Å². The number of rotatable bonds is 4. The highest BCUT2D eigenvalue weighted by Gasteiger charge is 2.21. The molecular formula is C22H23N5O. The summed E-state index contributed by atoms with van der Waals surface area (Å²) in [5.41, 5.74) is 5.37. The monoisotopic (exact) mass is 373 g/mol. The molecule has 142 valence electrons. The van der Waals surface area contributed by atoms with Gasteiger partial charge in [-0.3, -0.25) is 0 Å². The molecule has 4 aromatic rings. The van der Waals surface area contributed by atoms with Crippen LogP contribution in [0.5, 0.6) is 0 Å². The Morgan fingerprint density at radius 2 is 2.04 bits per heavy atom. The van der Waals surface area contributed by atoms with Crippen LogP contribution in [-0.2, 0) is 4.74 Å². The third kappa shape index (κ3) is 3.05. The Kier molecular flexibility index (Phi) is 4.33. The van der Waals surface area contributed by atoms with Crippen LogP contribution in [0.15, 0.2) is 55.1 Å². The second-order valence-electron chi connectivity index (χ2n) is 7.29. The summed E-state index contributed by atoms with van der Waals surface area (Å²) < 4.78 is 7.65. The number of hydrogen-bond donors (Lipinski definition) is 2. The summed E-state index contributed by atoms with van der Waals surface area (Å²) in [6.07, 6.45) is 7.72. The van der Waals surface area contributed by atoms with E-state index in [0.29, 0.717) is 6.04 Å². The Labute approximate surface area is 163 Å². The number of anilines is 1. The fourth-order valence-electron chi connectivity index (χ4n) is 3.88. The quantitative estimate of drug-likeness (QED) is 0.559. The maximum Gasteiger partial charge on any atom is 0.150 e. The molecule has 0 bridgehead atoms. The smallest absolute Gasteiger partial charge is 0.150 e. The van der Waals surface area contributed by atoms with Crippen molar-refractivity contribution >= 4 is 16.9 Å². The lowest BCUT2D eigenvalue weighted by atomic mass is 10.1. The summed E-state index contributed by atoms with van der Waals surface area (Å²) in [5.74, 6) is 0.882. The van der Waals surface area contributed by atoms with Gasteiger partial charge in [-0.2, -0.15) is 0 Å². The molecule has 0 unspecified atom stereocenters. The van der Waals surface area contributed by atoms with Crippen LogP contribution in [0.2, 0.25) is 0 Å². The molecule has 4 heterocycles. The highest BCUT2D eigenvalue weighted by Crippen LogP contribution is 2.35. The molecule has 5 rings (SSSR count). The van der Waals surface area contributed by atoms with Gasteiger partial charge in [0, 0.05) is 48.6 Å². The molecule has 0 atom stereocenters. The number of nitrogens with one attached hydrogen (secondary N) is 2. The van der Waals surface area contributed by atoms with E-state index in [1.54, 1.807) is 6.33 Å². The van der Waals surface area contributed by atoms with E-state index in [9.17, 15) is 0 Å². The standard InChI is InChI=1S/C22H23N5O/c1-15-4-2-5-17(12-15)27-13-18(19-6-3-9-23-19)20-21(24-14-25-22(20)27)26-16-7-10-28-11-8-16/h2-6,9,12-14,16,23H,7-8,10-11H2,1H3,(H,24,25,26). The van der Waals surface area contributed by atoms with Gasteiger partial charge in [0.25, 0.3) is 0 Å². The molecule has 3 aromatic heterocycles. The first-order valence-electron chi connectivity index (χ1n) is 9.71. The molecule has 0 spiro atoms. The highest BCUT2D eigenvalue weighted by atomic mass is 16.5. The lowest BCUT2D eigenvalue weighted by Gasteiger charge is -2.24. The number of aromatic amines is 1. The van der Waals surface area contributed by atoms with Crippen molar-refractivity contribution in [1.29, 1.82) is 0 Å². The summed E-state index contributed by atoms with van der Waals surface area (Å²) in [6, 6.07) is 12.9. The SMILES string of the molecule is Cc1cccc(-n2cc(-c3ccc[nH]3)c3c(NC4CCOCC4)ncnc32)c1. The van der Waals surface area contributed by atoms with E-state index < -0.39 is 0 Å². The minimum atomic E-state index is 0.366. The molecule has 0 saturated carbocycles. The van der Waals surface area contributed by atoms with Crippen LogP contribution in [0.1, 0.15) is 18.4 Å². The van der Waals surface area contributed by atoms with E-state index in [1.807, 2.05) is 12.3 Å². The van der Waals surface area contributed by atoms with Gasteiger partial charge in [-0.25, -0.2) is 9.97 Å². The van der Waals surface area contributed by atoms with Crippen molar-refractivity contribution < 1.29 is 4.74 Å². The highest BCUT2D eigenvalue weighted by molar-refractivity contribution is 6.01. The van der Waals surface area contributed by atoms with Crippen molar-refractivity contribution in [2.45, 2.75) is 25.8 Å². The summed E-state index contributed by atoms with van der Waals surface area (Å²) in [4.78, 5) is 12.6. The van der Waals surface area contributed by atoms with E-state index in [-0.39, 0.29) is 0 Å². The number of ether oxygens (including phenoxy) is 1. The predicted molar refractivity (Wildman–Crippen MR) is 111 cm³/mol. The van der Waals surface area contributed by atoms with E-state index in [4.69, 9.17) is 4.74 Å². The van der Waals surface area contributed by atoms with Crippen LogP contribution in [0.4, 0.5) is 5.82 Å². The lowest BCUT2D eigenvalue weighted by Crippen LogP contribution is -2.28. The van der Waals surface area contributed by atoms with E-state index in [2.05, 4.69) is 68.3 Å². The average molecular weight is 373 g/mol. The molecule has 1 aliphatic rings. The van der Waals surface area contributed by atoms with Gasteiger partial charge < -0.3 is 19.6 Å². The maximum absolute atomic E-state index is 5.50. The molecule has 2 N–H and O–H groups in total. The molecular weight excluding hydrogens is 350 g/mol. The third-order valence-corrected chi connectivity index (χ3v) is 5.31. The first-order valence-corrected chi connectivity index (χ1v) is 9.71. The molecule has 28 heavy (non-hydrogen) atoms. The molecule has 1 saturated heterocycles. The van der Waals surface area contributed by atoms with Gasteiger partial charge in [-0.15, -0.1) is 0 Å². The number of benzene rings is 1. The van der Waals surface area contributed by atoms with Crippen molar-refractivity contribution in [2.24, 2.45) is 0 Å². The van der Waals surface area contributed by atoms with E-state index >= 15 is 0 Å². The lowest BCUT2D eigenvalue weighted by molar-refractivity contribution is 0.0904. The Morgan fingerprint density at radius 1 is 1.14 bits per heavy atom. The second-order valence-corrected chi connectivity index (χ2v) is 7.29. The van der Waals surface area contributed by atoms with Crippen LogP contribution in [-0.4, -0.2) is 38.8 Å². The number of H-pyrrole nitrogens is 1. The molecule has 0 aliphatic carbocycles. The van der Waals surface area contributed by atoms with Crippen LogP contribution >= 0.6 is 0 Å². The topological polar surface area (TPSA) is 67.8 Å². The van der Waals surface area contributed by atoms with Crippen LogP contribution in [0.25, 0.3) is 28.0 Å². The van der Waals surface area contributed by atoms with E-state index in [1.165, 1.54) is 5.56 Å². The second kappa shape index (κ2) is 7.13. The van der Waals surface area contributed by atoms with Gasteiger partial charge in [0.1, 0.15) is 12.1 Å². The summed E-state index contributed by atoms with van der Waals surface area (Å²) in [5, 5.41) is 4.68. The number of aromatic nitrogens is 4. The molecule has 6 heteroatoms. The number of hydrogen-bond acceptors (Lipinski definition) is 4. The predicted octanol–water partition coefficient (Wildman–Crippen LogP) is 4.31. The van der Waals surface area contributed by atoms with Crippen molar-refractivity contribution in [3.63, 3.8) is 0 Å². The van der Waals surface area contributed by atoms with Gasteiger partial charge in [0.15, 0.2) is 5.65 Å². The molecule has 0 radical (unpaired) electrons. The average Bonchev–Trinajstić information content (AvgIpc) is 3.37. The third-order valence-electron chi connectivity index (χ3n) is 5.31. The fourth-order valence-corrected chi connectivity index (χ4v) is 3.88. The molecule has 1 aliphatic heterocycles. The minimum Gasteiger partial charge on any atom is -0.381 e. The largest absolute Gasteiger partial charge is 0.381 e. The zero-order chi connectivity index (χ0) is 18.9. The van der Waals surface area contributed by atoms with Crippen molar-refractivity contribution in [3.05, 3.63) is 60.7 Å². The first kappa shape index (κ1) is 17.0. The van der Waals surface area contributed by atoms with Crippen LogP contribution in [0, 0.1) is 6.92 Å².